The van der Waals surface area contributed by atoms with Crippen molar-refractivity contribution in [1.82, 2.24) is 4.90 Å². The highest BCUT2D eigenvalue weighted by Gasteiger charge is 2.60. The number of amides is 1. The van der Waals surface area contributed by atoms with Crippen LogP contribution in [-0.4, -0.2) is 72.3 Å². The molecule has 4 aliphatic rings. The molecule has 0 N–H and O–H groups in total. The highest BCUT2D eigenvalue weighted by molar-refractivity contribution is 7.98. The third-order valence-corrected chi connectivity index (χ3v) is 4.87. The van der Waals surface area contributed by atoms with Gasteiger partial charge in [-0.2, -0.15) is 0 Å². The zero-order chi connectivity index (χ0) is 15.5. The third kappa shape index (κ3) is 2.37. The molecule has 0 aromatic carbocycles. The first-order valence-electron chi connectivity index (χ1n) is 7.55. The average Bonchev–Trinajstić information content (AvgIpc) is 3.04. The van der Waals surface area contributed by atoms with Crippen LogP contribution in [0.2, 0.25) is 0 Å². The molecule has 7 nitrogen and oxygen atoms in total. The lowest BCUT2D eigenvalue weighted by Gasteiger charge is -2.31. The second kappa shape index (κ2) is 5.32. The number of β-lactam (4-membered cyclic amide) rings is 1. The monoisotopic (exact) mass is 331 g/mol. The van der Waals surface area contributed by atoms with Gasteiger partial charge in [0.15, 0.2) is 12.1 Å². The molecule has 4 fully saturated rings. The number of carbonyl (C=O) groups is 1. The predicted molar refractivity (Wildman–Crippen MR) is 76.9 cm³/mol. The zero-order valence-corrected chi connectivity index (χ0v) is 13.7. The van der Waals surface area contributed by atoms with Gasteiger partial charge < -0.3 is 28.6 Å². The minimum Gasteiger partial charge on any atom is -0.362 e. The van der Waals surface area contributed by atoms with Crippen LogP contribution in [0.25, 0.3) is 0 Å². The van der Waals surface area contributed by atoms with Gasteiger partial charge in [-0.25, -0.2) is 0 Å². The molecule has 4 rings (SSSR count). The summed E-state index contributed by atoms with van der Waals surface area (Å²) in [5.41, 5.74) is 0. The van der Waals surface area contributed by atoms with Crippen LogP contribution in [0.4, 0.5) is 0 Å². The molecule has 0 aliphatic carbocycles. The summed E-state index contributed by atoms with van der Waals surface area (Å²) in [6.07, 6.45) is 0.917. The molecular weight excluding hydrogens is 310 g/mol. The van der Waals surface area contributed by atoms with Crippen LogP contribution in [0.3, 0.4) is 0 Å². The lowest BCUT2D eigenvalue weighted by Crippen LogP contribution is -2.49. The van der Waals surface area contributed by atoms with Crippen molar-refractivity contribution in [1.29, 1.82) is 0 Å². The molecule has 22 heavy (non-hydrogen) atoms. The van der Waals surface area contributed by atoms with Gasteiger partial charge in [-0.3, -0.25) is 4.79 Å². The molecule has 0 bridgehead atoms. The summed E-state index contributed by atoms with van der Waals surface area (Å²) in [5, 5.41) is 0. The maximum Gasteiger partial charge on any atom is 0.229 e. The Balaban J connectivity index is 1.48. The van der Waals surface area contributed by atoms with Gasteiger partial charge in [0.05, 0.1) is 18.9 Å². The molecule has 4 heterocycles. The maximum absolute atomic E-state index is 11.5. The molecule has 8 heteroatoms. The van der Waals surface area contributed by atoms with E-state index in [2.05, 4.69) is 0 Å². The highest BCUT2D eigenvalue weighted by atomic mass is 32.2. The largest absolute Gasteiger partial charge is 0.362 e. The summed E-state index contributed by atoms with van der Waals surface area (Å²) >= 11 is 1.60. The van der Waals surface area contributed by atoms with Gasteiger partial charge in [0.2, 0.25) is 5.91 Å². The maximum atomic E-state index is 11.5. The van der Waals surface area contributed by atoms with E-state index in [1.54, 1.807) is 16.7 Å². The molecule has 124 valence electrons. The van der Waals surface area contributed by atoms with Gasteiger partial charge in [0.1, 0.15) is 30.6 Å². The number of nitrogens with zero attached hydrogens (tertiary/aromatic N) is 1. The quantitative estimate of drug-likeness (QED) is 0.550. The van der Waals surface area contributed by atoms with Gasteiger partial charge in [-0.1, -0.05) is 0 Å². The fraction of sp³-hybridized carbons (Fsp3) is 0.929. The molecule has 6 atom stereocenters. The second-order valence-corrected chi connectivity index (χ2v) is 7.30. The minimum atomic E-state index is -0.670. The number of thioether (sulfide) groups is 1. The molecule has 0 radical (unpaired) electrons. The van der Waals surface area contributed by atoms with Crippen LogP contribution in [0.1, 0.15) is 20.3 Å². The summed E-state index contributed by atoms with van der Waals surface area (Å²) < 4.78 is 29.6. The van der Waals surface area contributed by atoms with Crippen molar-refractivity contribution in [2.75, 3.05) is 18.7 Å². The number of ether oxygens (including phenoxy) is 5. The molecule has 0 aromatic rings. The van der Waals surface area contributed by atoms with Crippen LogP contribution in [0.5, 0.6) is 0 Å². The normalized spacial score (nSPS) is 45.8. The highest BCUT2D eigenvalue weighted by Crippen LogP contribution is 2.42. The molecule has 0 spiro atoms. The van der Waals surface area contributed by atoms with Gasteiger partial charge in [0.25, 0.3) is 0 Å². The second-order valence-electron chi connectivity index (χ2n) is 6.49. The molecule has 0 aromatic heterocycles. The van der Waals surface area contributed by atoms with E-state index in [9.17, 15) is 4.79 Å². The van der Waals surface area contributed by atoms with Crippen molar-refractivity contribution < 1.29 is 28.5 Å². The molecule has 0 unspecified atom stereocenters. The summed E-state index contributed by atoms with van der Waals surface area (Å²) in [7, 11) is 0. The molecule has 0 saturated carbocycles. The van der Waals surface area contributed by atoms with E-state index in [0.29, 0.717) is 18.9 Å². The van der Waals surface area contributed by atoms with E-state index < -0.39 is 12.1 Å². The summed E-state index contributed by atoms with van der Waals surface area (Å²) in [5.74, 6) is 0.0213. The van der Waals surface area contributed by atoms with Crippen molar-refractivity contribution in [3.05, 3.63) is 0 Å². The number of hydrogen-bond acceptors (Lipinski definition) is 7. The van der Waals surface area contributed by atoms with E-state index in [4.69, 9.17) is 23.7 Å². The van der Waals surface area contributed by atoms with Gasteiger partial charge >= 0.3 is 0 Å². The fourth-order valence-electron chi connectivity index (χ4n) is 3.53. The standard InChI is InChI=1S/C14H21NO6S/c1-14(2)20-12-11(17-6-22-3)10(19-13(12)21-14)7-5-15-8(16)4-9(15)18-7/h7,9-13H,4-6H2,1-3H3/t7-,9+,10+,11+,12-,13-/m1/s1. The topological polar surface area (TPSA) is 66.5 Å². The lowest BCUT2D eigenvalue weighted by atomic mass is 10.1. The number of fused-ring (bicyclic) bond motifs is 2. The van der Waals surface area contributed by atoms with Crippen molar-refractivity contribution in [2.45, 2.75) is 63.0 Å². The van der Waals surface area contributed by atoms with Crippen molar-refractivity contribution in [2.24, 2.45) is 0 Å². The predicted octanol–water partition coefficient (Wildman–Crippen LogP) is 0.526. The molecular formula is C14H21NO6S. The van der Waals surface area contributed by atoms with Crippen LogP contribution in [0.15, 0.2) is 0 Å². The van der Waals surface area contributed by atoms with Crippen molar-refractivity contribution >= 4 is 17.7 Å². The Kier molecular flexibility index (Phi) is 3.67. The Labute approximate surface area is 133 Å². The molecule has 4 aliphatic heterocycles. The summed E-state index contributed by atoms with van der Waals surface area (Å²) in [6, 6.07) is 0. The Morgan fingerprint density at radius 3 is 2.82 bits per heavy atom. The SMILES string of the molecule is CSCO[C@H]1[C@H]([C@H]2CN3C(=O)C[C@@H]3O2)O[C@@H]2OC(C)(C)O[C@@H]21. The van der Waals surface area contributed by atoms with Crippen LogP contribution in [0, 0.1) is 0 Å². The summed E-state index contributed by atoms with van der Waals surface area (Å²) in [6.45, 7) is 4.29. The van der Waals surface area contributed by atoms with Gasteiger partial charge in [-0.15, -0.1) is 11.8 Å². The molecule has 1 amide bonds. The first kappa shape index (κ1) is 15.2. The Morgan fingerprint density at radius 1 is 1.32 bits per heavy atom. The smallest absolute Gasteiger partial charge is 0.229 e. The van der Waals surface area contributed by atoms with Crippen LogP contribution in [-0.2, 0) is 28.5 Å². The van der Waals surface area contributed by atoms with Crippen LogP contribution < -0.4 is 0 Å². The van der Waals surface area contributed by atoms with Crippen LogP contribution >= 0.6 is 11.8 Å². The van der Waals surface area contributed by atoms with E-state index in [1.165, 1.54) is 0 Å². The number of carbonyl (C=O) groups excluding carboxylic acids is 1. The van der Waals surface area contributed by atoms with Crippen molar-refractivity contribution in [3.63, 3.8) is 0 Å². The number of hydrogen-bond donors (Lipinski definition) is 0. The van der Waals surface area contributed by atoms with Crippen molar-refractivity contribution in [3.8, 4) is 0 Å². The van der Waals surface area contributed by atoms with Gasteiger partial charge in [-0.05, 0) is 20.1 Å². The zero-order valence-electron chi connectivity index (χ0n) is 12.9. The van der Waals surface area contributed by atoms with E-state index in [0.717, 1.165) is 0 Å². The van der Waals surface area contributed by atoms with E-state index >= 15 is 0 Å². The fourth-order valence-corrected chi connectivity index (χ4v) is 3.82. The first-order chi connectivity index (χ1) is 10.5. The van der Waals surface area contributed by atoms with E-state index in [-0.39, 0.29) is 36.6 Å². The lowest BCUT2D eigenvalue weighted by molar-refractivity contribution is -0.230. The minimum absolute atomic E-state index is 0.0963. The Hall–Kier alpha value is -0.380. The Morgan fingerprint density at radius 2 is 2.14 bits per heavy atom. The molecule has 4 saturated heterocycles. The van der Waals surface area contributed by atoms with E-state index in [1.807, 2.05) is 20.1 Å². The van der Waals surface area contributed by atoms with Gasteiger partial charge in [0, 0.05) is 0 Å². The number of rotatable bonds is 4. The first-order valence-corrected chi connectivity index (χ1v) is 8.94. The third-order valence-electron chi connectivity index (χ3n) is 4.50. The summed E-state index contributed by atoms with van der Waals surface area (Å²) in [4.78, 5) is 13.3. The Bertz CT molecular complexity index is 474. The average molecular weight is 331 g/mol.